The largest absolute Gasteiger partial charge is 0.332 e. The molecule has 0 atom stereocenters. The van der Waals surface area contributed by atoms with Crippen molar-refractivity contribution in [3.8, 4) is 0 Å². The van der Waals surface area contributed by atoms with Crippen LogP contribution in [0.25, 0.3) is 11.2 Å². The van der Waals surface area contributed by atoms with E-state index in [9.17, 15) is 9.59 Å². The minimum absolute atomic E-state index is 0.290. The van der Waals surface area contributed by atoms with E-state index in [4.69, 9.17) is 4.98 Å². The Kier molecular flexibility index (Phi) is 5.17. The van der Waals surface area contributed by atoms with Gasteiger partial charge in [-0.2, -0.15) is 0 Å². The van der Waals surface area contributed by atoms with E-state index in [0.29, 0.717) is 24.3 Å². The monoisotopic (exact) mass is 395 g/mol. The SMILES string of the molecule is Cc1cccc(Cn2c(CN3CCC(C)CC3)nc3c2c(=O)n(C)c(=O)n3C)c1. The summed E-state index contributed by atoms with van der Waals surface area (Å²) in [7, 11) is 3.21. The third kappa shape index (κ3) is 3.67. The summed E-state index contributed by atoms with van der Waals surface area (Å²) >= 11 is 0. The van der Waals surface area contributed by atoms with Crippen molar-refractivity contribution in [1.82, 2.24) is 23.6 Å². The van der Waals surface area contributed by atoms with Gasteiger partial charge in [0.2, 0.25) is 0 Å². The minimum atomic E-state index is -0.346. The highest BCUT2D eigenvalue weighted by Crippen LogP contribution is 2.20. The summed E-state index contributed by atoms with van der Waals surface area (Å²) in [4.78, 5) is 32.6. The molecule has 0 amide bonds. The maximum atomic E-state index is 13.0. The summed E-state index contributed by atoms with van der Waals surface area (Å²) in [5, 5.41) is 0. The van der Waals surface area contributed by atoms with Crippen LogP contribution in [0.5, 0.6) is 0 Å². The number of fused-ring (bicyclic) bond motifs is 1. The highest BCUT2D eigenvalue weighted by Gasteiger charge is 2.22. The normalized spacial score (nSPS) is 16.0. The number of nitrogens with zero attached hydrogens (tertiary/aromatic N) is 5. The van der Waals surface area contributed by atoms with Gasteiger partial charge in [-0.15, -0.1) is 0 Å². The smallest absolute Gasteiger partial charge is 0.317 e. The molecule has 0 unspecified atom stereocenters. The van der Waals surface area contributed by atoms with Gasteiger partial charge in [-0.3, -0.25) is 18.8 Å². The molecule has 0 bridgehead atoms. The zero-order valence-electron chi connectivity index (χ0n) is 17.7. The lowest BCUT2D eigenvalue weighted by Gasteiger charge is -2.29. The second-order valence-electron chi connectivity index (χ2n) is 8.44. The van der Waals surface area contributed by atoms with Crippen molar-refractivity contribution in [1.29, 1.82) is 0 Å². The average Bonchev–Trinajstić information content (AvgIpc) is 3.04. The van der Waals surface area contributed by atoms with Gasteiger partial charge in [0.1, 0.15) is 5.82 Å². The molecule has 0 saturated carbocycles. The van der Waals surface area contributed by atoms with Crippen molar-refractivity contribution in [2.45, 2.75) is 39.8 Å². The Morgan fingerprint density at radius 2 is 1.79 bits per heavy atom. The number of hydrogen-bond donors (Lipinski definition) is 0. The first-order valence-electron chi connectivity index (χ1n) is 10.3. The van der Waals surface area contributed by atoms with Gasteiger partial charge >= 0.3 is 5.69 Å². The highest BCUT2D eigenvalue weighted by molar-refractivity contribution is 5.71. The van der Waals surface area contributed by atoms with Crippen molar-refractivity contribution in [2.75, 3.05) is 13.1 Å². The van der Waals surface area contributed by atoms with E-state index in [1.165, 1.54) is 34.6 Å². The molecule has 0 radical (unpaired) electrons. The minimum Gasteiger partial charge on any atom is -0.317 e. The Balaban J connectivity index is 1.84. The molecule has 0 aliphatic carbocycles. The molecule has 1 saturated heterocycles. The van der Waals surface area contributed by atoms with Crippen LogP contribution in [-0.4, -0.2) is 36.7 Å². The Morgan fingerprint density at radius 3 is 2.48 bits per heavy atom. The summed E-state index contributed by atoms with van der Waals surface area (Å²) in [6.07, 6.45) is 2.36. The molecule has 154 valence electrons. The number of piperidine rings is 1. The quantitative estimate of drug-likeness (QED) is 0.678. The van der Waals surface area contributed by atoms with Crippen molar-refractivity contribution < 1.29 is 0 Å². The maximum absolute atomic E-state index is 13.0. The number of likely N-dealkylation sites (tertiary alicyclic amines) is 1. The van der Waals surface area contributed by atoms with E-state index >= 15 is 0 Å². The van der Waals surface area contributed by atoms with Crippen LogP contribution in [0.4, 0.5) is 0 Å². The van der Waals surface area contributed by atoms with E-state index in [1.54, 1.807) is 7.05 Å². The first-order chi connectivity index (χ1) is 13.8. The number of aryl methyl sites for hydroxylation is 2. The average molecular weight is 396 g/mol. The lowest BCUT2D eigenvalue weighted by atomic mass is 9.99. The molecule has 3 heterocycles. The van der Waals surface area contributed by atoms with Crippen molar-refractivity contribution in [2.24, 2.45) is 20.0 Å². The van der Waals surface area contributed by atoms with Crippen LogP contribution < -0.4 is 11.2 Å². The molecule has 7 nitrogen and oxygen atoms in total. The van der Waals surface area contributed by atoms with Crippen LogP contribution in [0, 0.1) is 12.8 Å². The molecule has 1 aromatic carbocycles. The summed E-state index contributed by atoms with van der Waals surface area (Å²) in [6, 6.07) is 8.29. The van der Waals surface area contributed by atoms with E-state index in [1.807, 2.05) is 10.6 Å². The first kappa shape index (κ1) is 19.6. The molecule has 7 heteroatoms. The summed E-state index contributed by atoms with van der Waals surface area (Å²) in [5.74, 6) is 1.60. The molecular weight excluding hydrogens is 366 g/mol. The van der Waals surface area contributed by atoms with Crippen LogP contribution in [0.3, 0.4) is 0 Å². The topological polar surface area (TPSA) is 65.1 Å². The zero-order valence-corrected chi connectivity index (χ0v) is 17.7. The number of imidazole rings is 1. The fourth-order valence-corrected chi connectivity index (χ4v) is 4.20. The maximum Gasteiger partial charge on any atom is 0.332 e. The number of benzene rings is 1. The van der Waals surface area contributed by atoms with Crippen molar-refractivity contribution >= 4 is 11.2 Å². The van der Waals surface area contributed by atoms with Crippen molar-refractivity contribution in [3.63, 3.8) is 0 Å². The van der Waals surface area contributed by atoms with Crippen LogP contribution in [0.2, 0.25) is 0 Å². The molecule has 3 aromatic rings. The molecule has 0 spiro atoms. The Morgan fingerprint density at radius 1 is 1.07 bits per heavy atom. The van der Waals surface area contributed by atoms with Gasteiger partial charge in [0.05, 0.1) is 6.54 Å². The van der Waals surface area contributed by atoms with Crippen LogP contribution in [0.15, 0.2) is 33.9 Å². The fourth-order valence-electron chi connectivity index (χ4n) is 4.20. The van der Waals surface area contributed by atoms with Crippen LogP contribution >= 0.6 is 0 Å². The van der Waals surface area contributed by atoms with E-state index in [0.717, 1.165) is 30.4 Å². The van der Waals surface area contributed by atoms with E-state index in [2.05, 4.69) is 36.9 Å². The van der Waals surface area contributed by atoms with Crippen LogP contribution in [0.1, 0.15) is 36.7 Å². The van der Waals surface area contributed by atoms with Gasteiger partial charge in [0.15, 0.2) is 11.2 Å². The van der Waals surface area contributed by atoms with Gasteiger partial charge in [0, 0.05) is 20.6 Å². The second-order valence-corrected chi connectivity index (χ2v) is 8.44. The standard InChI is InChI=1S/C22H29N5O2/c1-15-8-10-26(11-9-15)14-18-23-20-19(21(28)25(4)22(29)24(20)3)27(18)13-17-7-5-6-16(2)12-17/h5-7,12,15H,8-11,13-14H2,1-4H3. The molecule has 2 aromatic heterocycles. The Bertz CT molecular complexity index is 1160. The predicted molar refractivity (Wildman–Crippen MR) is 114 cm³/mol. The van der Waals surface area contributed by atoms with Gasteiger partial charge in [-0.25, -0.2) is 9.78 Å². The summed E-state index contributed by atoms with van der Waals surface area (Å²) < 4.78 is 4.65. The van der Waals surface area contributed by atoms with Gasteiger partial charge < -0.3 is 4.57 Å². The first-order valence-corrected chi connectivity index (χ1v) is 10.3. The lowest BCUT2D eigenvalue weighted by molar-refractivity contribution is 0.180. The number of hydrogen-bond acceptors (Lipinski definition) is 4. The van der Waals surface area contributed by atoms with Gasteiger partial charge in [0.25, 0.3) is 5.56 Å². The zero-order chi connectivity index (χ0) is 20.7. The molecule has 1 aliphatic heterocycles. The molecule has 0 N–H and O–H groups in total. The van der Waals surface area contributed by atoms with Gasteiger partial charge in [-0.1, -0.05) is 36.8 Å². The summed E-state index contributed by atoms with van der Waals surface area (Å²) in [6.45, 7) is 7.67. The van der Waals surface area contributed by atoms with Crippen LogP contribution in [-0.2, 0) is 27.2 Å². The van der Waals surface area contributed by atoms with Crippen molar-refractivity contribution in [3.05, 3.63) is 62.1 Å². The second kappa shape index (κ2) is 7.63. The fraction of sp³-hybridized carbons (Fsp3) is 0.500. The molecular formula is C22H29N5O2. The van der Waals surface area contributed by atoms with E-state index in [-0.39, 0.29) is 11.2 Å². The lowest BCUT2D eigenvalue weighted by Crippen LogP contribution is -2.37. The molecule has 4 rings (SSSR count). The predicted octanol–water partition coefficient (Wildman–Crippen LogP) is 2.02. The third-order valence-corrected chi connectivity index (χ3v) is 6.09. The van der Waals surface area contributed by atoms with E-state index < -0.39 is 0 Å². The molecule has 1 aliphatic rings. The third-order valence-electron chi connectivity index (χ3n) is 6.09. The molecule has 29 heavy (non-hydrogen) atoms. The summed E-state index contributed by atoms with van der Waals surface area (Å²) in [5.41, 5.74) is 2.62. The Labute approximate surface area is 170 Å². The number of aromatic nitrogens is 4. The highest BCUT2D eigenvalue weighted by atomic mass is 16.2. The van der Waals surface area contributed by atoms with Gasteiger partial charge in [-0.05, 0) is 44.3 Å². The Hall–Kier alpha value is -2.67. The number of rotatable bonds is 4. The molecule has 1 fully saturated rings.